The van der Waals surface area contributed by atoms with E-state index in [0.29, 0.717) is 10.2 Å². The van der Waals surface area contributed by atoms with Gasteiger partial charge < -0.3 is 9.64 Å². The summed E-state index contributed by atoms with van der Waals surface area (Å²) in [6, 6.07) is 2.97. The van der Waals surface area contributed by atoms with Gasteiger partial charge in [0.2, 0.25) is 0 Å². The molecule has 1 aliphatic heterocycles. The summed E-state index contributed by atoms with van der Waals surface area (Å²) < 4.78 is 19.3. The van der Waals surface area contributed by atoms with Crippen molar-refractivity contribution >= 4 is 27.5 Å². The topological polar surface area (TPSA) is 29.5 Å². The smallest absolute Gasteiger partial charge is 0.267 e. The molecule has 1 unspecified atom stereocenters. The third kappa shape index (κ3) is 1.61. The fraction of sp³-hybridized carbons (Fsp3) is 0.300. The Bertz CT molecular complexity index is 436. The highest BCUT2D eigenvalue weighted by molar-refractivity contribution is 9.10. The first-order valence-electron chi connectivity index (χ1n) is 4.44. The van der Waals surface area contributed by atoms with Gasteiger partial charge in [0.05, 0.1) is 5.69 Å². The first-order valence-corrected chi connectivity index (χ1v) is 5.23. The summed E-state index contributed by atoms with van der Waals surface area (Å²) in [7, 11) is 1.60. The molecule has 3 nitrogen and oxygen atoms in total. The van der Waals surface area contributed by atoms with Crippen LogP contribution in [0, 0.1) is 5.82 Å². The van der Waals surface area contributed by atoms with Crippen LogP contribution >= 0.6 is 15.9 Å². The lowest BCUT2D eigenvalue weighted by molar-refractivity contribution is -0.125. The van der Waals surface area contributed by atoms with Gasteiger partial charge in [-0.15, -0.1) is 0 Å². The number of hydrogen-bond acceptors (Lipinski definition) is 2. The lowest BCUT2D eigenvalue weighted by Crippen LogP contribution is -2.42. The molecule has 1 heterocycles. The van der Waals surface area contributed by atoms with E-state index in [9.17, 15) is 9.18 Å². The van der Waals surface area contributed by atoms with E-state index in [1.165, 1.54) is 11.0 Å². The normalized spacial score (nSPS) is 19.9. The lowest BCUT2D eigenvalue weighted by Gasteiger charge is -2.30. The summed E-state index contributed by atoms with van der Waals surface area (Å²) >= 11 is 3.17. The summed E-state index contributed by atoms with van der Waals surface area (Å²) in [5.74, 6) is -0.515. The minimum Gasteiger partial charge on any atom is -0.476 e. The number of carbonyl (C=O) groups is 1. The highest BCUT2D eigenvalue weighted by atomic mass is 79.9. The molecule has 15 heavy (non-hydrogen) atoms. The number of hydrogen-bond donors (Lipinski definition) is 0. The Hall–Kier alpha value is -1.10. The van der Waals surface area contributed by atoms with Crippen LogP contribution < -0.4 is 9.64 Å². The maximum atomic E-state index is 13.5. The SMILES string of the molecule is CC1Oc2c(F)cc(Br)cc2N(C)C1=O. The fourth-order valence-corrected chi connectivity index (χ4v) is 1.95. The van der Waals surface area contributed by atoms with Gasteiger partial charge in [0, 0.05) is 11.5 Å². The van der Waals surface area contributed by atoms with Gasteiger partial charge in [0.15, 0.2) is 17.7 Å². The van der Waals surface area contributed by atoms with Crippen LogP contribution in [-0.4, -0.2) is 19.1 Å². The number of fused-ring (bicyclic) bond motifs is 1. The number of nitrogens with zero attached hydrogens (tertiary/aromatic N) is 1. The first-order chi connectivity index (χ1) is 7.00. The van der Waals surface area contributed by atoms with E-state index in [1.807, 2.05) is 0 Å². The average molecular weight is 274 g/mol. The minimum atomic E-state index is -0.641. The Morgan fingerprint density at radius 3 is 2.87 bits per heavy atom. The van der Waals surface area contributed by atoms with E-state index in [-0.39, 0.29) is 11.7 Å². The molecule has 1 aliphatic rings. The van der Waals surface area contributed by atoms with Crippen molar-refractivity contribution < 1.29 is 13.9 Å². The fourth-order valence-electron chi connectivity index (χ4n) is 1.53. The number of carbonyl (C=O) groups excluding carboxylic acids is 1. The van der Waals surface area contributed by atoms with E-state index in [1.54, 1.807) is 20.0 Å². The van der Waals surface area contributed by atoms with Crippen LogP contribution in [-0.2, 0) is 4.79 Å². The van der Waals surface area contributed by atoms with Crippen LogP contribution in [0.25, 0.3) is 0 Å². The molecule has 0 aliphatic carbocycles. The molecule has 80 valence electrons. The predicted octanol–water partition coefficient (Wildman–Crippen LogP) is 2.33. The van der Waals surface area contributed by atoms with Gasteiger partial charge in [-0.2, -0.15) is 0 Å². The zero-order valence-corrected chi connectivity index (χ0v) is 9.84. The van der Waals surface area contributed by atoms with Crippen molar-refractivity contribution in [2.24, 2.45) is 0 Å². The van der Waals surface area contributed by atoms with Gasteiger partial charge in [-0.05, 0) is 19.1 Å². The van der Waals surface area contributed by atoms with Crippen molar-refractivity contribution in [3.05, 3.63) is 22.4 Å². The van der Waals surface area contributed by atoms with E-state index in [0.717, 1.165) is 0 Å². The third-order valence-corrected chi connectivity index (χ3v) is 2.78. The first kappa shape index (κ1) is 10.4. The van der Waals surface area contributed by atoms with Crippen molar-refractivity contribution in [3.8, 4) is 5.75 Å². The number of anilines is 1. The number of likely N-dealkylation sites (N-methyl/N-ethyl adjacent to an activating group) is 1. The van der Waals surface area contributed by atoms with Crippen LogP contribution in [0.3, 0.4) is 0 Å². The zero-order valence-electron chi connectivity index (χ0n) is 8.25. The summed E-state index contributed by atoms with van der Waals surface area (Å²) in [6.45, 7) is 1.60. The highest BCUT2D eigenvalue weighted by Gasteiger charge is 2.31. The van der Waals surface area contributed by atoms with E-state index < -0.39 is 11.9 Å². The molecule has 1 aromatic carbocycles. The van der Waals surface area contributed by atoms with E-state index >= 15 is 0 Å². The molecule has 1 aromatic rings. The maximum Gasteiger partial charge on any atom is 0.267 e. The monoisotopic (exact) mass is 273 g/mol. The molecule has 1 atom stereocenters. The van der Waals surface area contributed by atoms with Crippen molar-refractivity contribution in [1.29, 1.82) is 0 Å². The predicted molar refractivity (Wildman–Crippen MR) is 57.6 cm³/mol. The van der Waals surface area contributed by atoms with Gasteiger partial charge in [0.1, 0.15) is 0 Å². The second kappa shape index (κ2) is 3.48. The second-order valence-electron chi connectivity index (χ2n) is 3.39. The van der Waals surface area contributed by atoms with E-state index in [4.69, 9.17) is 4.74 Å². The molecule has 0 fully saturated rings. The molecule has 0 spiro atoms. The number of amides is 1. The van der Waals surface area contributed by atoms with Gasteiger partial charge in [-0.3, -0.25) is 4.79 Å². The molecule has 0 saturated heterocycles. The number of halogens is 2. The Morgan fingerprint density at radius 2 is 2.20 bits per heavy atom. The average Bonchev–Trinajstić information content (AvgIpc) is 2.17. The Kier molecular flexibility index (Phi) is 2.42. The van der Waals surface area contributed by atoms with Crippen LogP contribution in [0.5, 0.6) is 5.75 Å². The molecular formula is C10H9BrFNO2. The Morgan fingerprint density at radius 1 is 1.53 bits per heavy atom. The van der Waals surface area contributed by atoms with Crippen molar-refractivity contribution in [2.45, 2.75) is 13.0 Å². The summed E-state index contributed by atoms with van der Waals surface area (Å²) in [5.41, 5.74) is 0.449. The molecule has 5 heteroatoms. The van der Waals surface area contributed by atoms with Gasteiger partial charge in [-0.25, -0.2) is 4.39 Å². The molecule has 0 bridgehead atoms. The maximum absolute atomic E-state index is 13.5. The lowest BCUT2D eigenvalue weighted by atomic mass is 10.2. The minimum absolute atomic E-state index is 0.132. The molecular weight excluding hydrogens is 265 g/mol. The molecule has 0 radical (unpaired) electrons. The molecule has 2 rings (SSSR count). The Balaban J connectivity index is 2.60. The van der Waals surface area contributed by atoms with Crippen molar-refractivity contribution in [1.82, 2.24) is 0 Å². The standard InChI is InChI=1S/C10H9BrFNO2/c1-5-10(14)13(2)8-4-6(11)3-7(12)9(8)15-5/h3-5H,1-2H3. The second-order valence-corrected chi connectivity index (χ2v) is 4.31. The van der Waals surface area contributed by atoms with Crippen LogP contribution in [0.15, 0.2) is 16.6 Å². The molecule has 0 N–H and O–H groups in total. The highest BCUT2D eigenvalue weighted by Crippen LogP contribution is 2.37. The zero-order chi connectivity index (χ0) is 11.2. The quantitative estimate of drug-likeness (QED) is 0.726. The Labute approximate surface area is 95.0 Å². The summed E-state index contributed by atoms with van der Waals surface area (Å²) in [5, 5.41) is 0. The number of ether oxygens (including phenoxy) is 1. The van der Waals surface area contributed by atoms with Gasteiger partial charge in [-0.1, -0.05) is 15.9 Å². The number of rotatable bonds is 0. The molecule has 0 saturated carbocycles. The van der Waals surface area contributed by atoms with Crippen LogP contribution in [0.1, 0.15) is 6.92 Å². The van der Waals surface area contributed by atoms with Crippen molar-refractivity contribution in [2.75, 3.05) is 11.9 Å². The largest absolute Gasteiger partial charge is 0.476 e. The molecule has 1 amide bonds. The molecule has 0 aromatic heterocycles. The van der Waals surface area contributed by atoms with Crippen molar-refractivity contribution in [3.63, 3.8) is 0 Å². The summed E-state index contributed by atoms with van der Waals surface area (Å²) in [6.07, 6.45) is -0.641. The number of benzene rings is 1. The van der Waals surface area contributed by atoms with Gasteiger partial charge in [0.25, 0.3) is 5.91 Å². The summed E-state index contributed by atoms with van der Waals surface area (Å²) in [4.78, 5) is 13.0. The van der Waals surface area contributed by atoms with Gasteiger partial charge >= 0.3 is 0 Å². The van der Waals surface area contributed by atoms with Crippen LogP contribution in [0.2, 0.25) is 0 Å². The van der Waals surface area contributed by atoms with E-state index in [2.05, 4.69) is 15.9 Å². The third-order valence-electron chi connectivity index (χ3n) is 2.32. The van der Waals surface area contributed by atoms with Crippen LogP contribution in [0.4, 0.5) is 10.1 Å².